The van der Waals surface area contributed by atoms with Crippen LogP contribution in [0.15, 0.2) is 54.6 Å². The van der Waals surface area contributed by atoms with Gasteiger partial charge in [-0.2, -0.15) is 0 Å². The number of carbonyl (C=O) groups excluding carboxylic acids is 2. The molecule has 3 rings (SSSR count). The first-order valence-corrected chi connectivity index (χ1v) is 9.23. The average molecular weight is 384 g/mol. The minimum Gasteiger partial charge on any atom is -0.336 e. The van der Waals surface area contributed by atoms with Gasteiger partial charge in [-0.3, -0.25) is 9.59 Å². The van der Waals surface area contributed by atoms with Crippen LogP contribution < -0.4 is 5.32 Å². The van der Waals surface area contributed by atoms with Crippen molar-refractivity contribution in [1.29, 1.82) is 0 Å². The lowest BCUT2D eigenvalue weighted by molar-refractivity contribution is -0.111. The Morgan fingerprint density at radius 2 is 1.67 bits per heavy atom. The number of piperazine rings is 1. The zero-order valence-electron chi connectivity index (χ0n) is 15.2. The standard InChI is InChI=1S/C21H22ClN3O2/c1-24-12-14-25(15-13-24)21(27)17-7-3-5-9-19(17)23-20(26)11-10-16-6-2-4-8-18(16)22/h2-11H,12-15H2,1H3,(H,23,26)/b11-10+. The summed E-state index contributed by atoms with van der Waals surface area (Å²) in [5, 5.41) is 3.38. The summed E-state index contributed by atoms with van der Waals surface area (Å²) in [6, 6.07) is 14.4. The third kappa shape index (κ3) is 4.96. The van der Waals surface area contributed by atoms with Gasteiger partial charge in [-0.1, -0.05) is 41.9 Å². The maximum Gasteiger partial charge on any atom is 0.256 e. The number of nitrogens with one attached hydrogen (secondary N) is 1. The number of para-hydroxylation sites is 1. The molecule has 2 aromatic carbocycles. The summed E-state index contributed by atoms with van der Waals surface area (Å²) in [6.07, 6.45) is 3.07. The van der Waals surface area contributed by atoms with E-state index in [-0.39, 0.29) is 11.8 Å². The fourth-order valence-corrected chi connectivity index (χ4v) is 3.11. The summed E-state index contributed by atoms with van der Waals surface area (Å²) in [5.41, 5.74) is 1.77. The predicted molar refractivity (Wildman–Crippen MR) is 109 cm³/mol. The maximum absolute atomic E-state index is 12.9. The van der Waals surface area contributed by atoms with Crippen LogP contribution in [0, 0.1) is 0 Å². The number of anilines is 1. The number of likely N-dealkylation sites (N-methyl/N-ethyl adjacent to an activating group) is 1. The highest BCUT2D eigenvalue weighted by Crippen LogP contribution is 2.19. The van der Waals surface area contributed by atoms with Gasteiger partial charge in [-0.05, 0) is 36.9 Å². The van der Waals surface area contributed by atoms with Gasteiger partial charge in [0.25, 0.3) is 5.91 Å². The smallest absolute Gasteiger partial charge is 0.256 e. The van der Waals surface area contributed by atoms with Gasteiger partial charge in [0.1, 0.15) is 0 Å². The number of hydrogen-bond acceptors (Lipinski definition) is 3. The van der Waals surface area contributed by atoms with Crippen molar-refractivity contribution >= 4 is 35.2 Å². The Morgan fingerprint density at radius 3 is 2.41 bits per heavy atom. The molecule has 0 saturated carbocycles. The topological polar surface area (TPSA) is 52.6 Å². The van der Waals surface area contributed by atoms with E-state index in [2.05, 4.69) is 10.2 Å². The van der Waals surface area contributed by atoms with E-state index in [1.807, 2.05) is 30.1 Å². The van der Waals surface area contributed by atoms with Crippen molar-refractivity contribution in [2.24, 2.45) is 0 Å². The van der Waals surface area contributed by atoms with Gasteiger partial charge >= 0.3 is 0 Å². The van der Waals surface area contributed by atoms with Crippen LogP contribution in [0.25, 0.3) is 6.08 Å². The second-order valence-corrected chi connectivity index (χ2v) is 6.89. The highest BCUT2D eigenvalue weighted by molar-refractivity contribution is 6.32. The molecule has 6 heteroatoms. The van der Waals surface area contributed by atoms with Crippen molar-refractivity contribution in [1.82, 2.24) is 9.80 Å². The quantitative estimate of drug-likeness (QED) is 0.823. The fourth-order valence-electron chi connectivity index (χ4n) is 2.91. The first-order valence-electron chi connectivity index (χ1n) is 8.85. The van der Waals surface area contributed by atoms with Gasteiger partial charge in [0.2, 0.25) is 5.91 Å². The second-order valence-electron chi connectivity index (χ2n) is 6.49. The van der Waals surface area contributed by atoms with E-state index in [0.717, 1.165) is 18.7 Å². The molecule has 0 aromatic heterocycles. The Labute approximate surface area is 164 Å². The van der Waals surface area contributed by atoms with Crippen LogP contribution in [-0.4, -0.2) is 54.8 Å². The molecular weight excluding hydrogens is 362 g/mol. The fraction of sp³-hybridized carbons (Fsp3) is 0.238. The van der Waals surface area contributed by atoms with Crippen molar-refractivity contribution in [3.8, 4) is 0 Å². The predicted octanol–water partition coefficient (Wildman–Crippen LogP) is 3.38. The van der Waals surface area contributed by atoms with Gasteiger partial charge in [0.05, 0.1) is 11.3 Å². The molecule has 0 radical (unpaired) electrons. The van der Waals surface area contributed by atoms with Crippen molar-refractivity contribution in [3.05, 3.63) is 70.8 Å². The molecule has 1 fully saturated rings. The van der Waals surface area contributed by atoms with E-state index in [0.29, 0.717) is 29.4 Å². The molecule has 5 nitrogen and oxygen atoms in total. The van der Waals surface area contributed by atoms with Crippen molar-refractivity contribution in [2.75, 3.05) is 38.5 Å². The van der Waals surface area contributed by atoms with Gasteiger partial charge in [0.15, 0.2) is 0 Å². The largest absolute Gasteiger partial charge is 0.336 e. The van der Waals surface area contributed by atoms with Crippen molar-refractivity contribution in [2.45, 2.75) is 0 Å². The highest BCUT2D eigenvalue weighted by atomic mass is 35.5. The number of halogens is 1. The first kappa shape index (κ1) is 19.1. The summed E-state index contributed by atoms with van der Waals surface area (Å²) >= 11 is 6.09. The van der Waals surface area contributed by atoms with E-state index >= 15 is 0 Å². The molecule has 0 atom stereocenters. The molecule has 140 valence electrons. The minimum absolute atomic E-state index is 0.0610. The maximum atomic E-state index is 12.9. The van der Waals surface area contributed by atoms with Gasteiger partial charge in [0, 0.05) is 37.3 Å². The minimum atomic E-state index is -0.312. The van der Waals surface area contributed by atoms with E-state index in [9.17, 15) is 9.59 Å². The normalized spacial score (nSPS) is 15.1. The zero-order chi connectivity index (χ0) is 19.2. The molecule has 2 amide bonds. The molecule has 2 aromatic rings. The summed E-state index contributed by atoms with van der Waals surface area (Å²) in [4.78, 5) is 29.2. The number of carbonyl (C=O) groups is 2. The molecule has 1 aliphatic rings. The van der Waals surface area contributed by atoms with Gasteiger partial charge < -0.3 is 15.1 Å². The van der Waals surface area contributed by atoms with Crippen LogP contribution in [0.1, 0.15) is 15.9 Å². The molecule has 1 saturated heterocycles. The lowest BCUT2D eigenvalue weighted by atomic mass is 10.1. The van der Waals surface area contributed by atoms with Crippen molar-refractivity contribution in [3.63, 3.8) is 0 Å². The Balaban J connectivity index is 1.71. The Bertz CT molecular complexity index is 858. The second kappa shape index (κ2) is 8.84. The summed E-state index contributed by atoms with van der Waals surface area (Å²) in [6.45, 7) is 3.07. The molecule has 0 spiro atoms. The van der Waals surface area contributed by atoms with Gasteiger partial charge in [-0.15, -0.1) is 0 Å². The van der Waals surface area contributed by atoms with E-state index in [4.69, 9.17) is 11.6 Å². The van der Waals surface area contributed by atoms with Crippen LogP contribution in [-0.2, 0) is 4.79 Å². The molecule has 0 unspecified atom stereocenters. The molecular formula is C21H22ClN3O2. The molecule has 0 aliphatic carbocycles. The number of hydrogen-bond donors (Lipinski definition) is 1. The third-order valence-electron chi connectivity index (χ3n) is 4.53. The van der Waals surface area contributed by atoms with Crippen LogP contribution in [0.3, 0.4) is 0 Å². The lowest BCUT2D eigenvalue weighted by Crippen LogP contribution is -2.47. The number of benzene rings is 2. The SMILES string of the molecule is CN1CCN(C(=O)c2ccccc2NC(=O)/C=C/c2ccccc2Cl)CC1. The summed E-state index contributed by atoms with van der Waals surface area (Å²) < 4.78 is 0. The first-order chi connectivity index (χ1) is 13.0. The highest BCUT2D eigenvalue weighted by Gasteiger charge is 2.22. The van der Waals surface area contributed by atoms with Gasteiger partial charge in [-0.25, -0.2) is 0 Å². The Hall–Kier alpha value is -2.63. The zero-order valence-corrected chi connectivity index (χ0v) is 15.9. The van der Waals surface area contributed by atoms with E-state index in [1.54, 1.807) is 36.4 Å². The Kier molecular flexibility index (Phi) is 6.27. The van der Waals surface area contributed by atoms with Crippen LogP contribution in [0.5, 0.6) is 0 Å². The lowest BCUT2D eigenvalue weighted by Gasteiger charge is -2.32. The number of rotatable bonds is 4. The summed E-state index contributed by atoms with van der Waals surface area (Å²) in [7, 11) is 2.04. The molecule has 27 heavy (non-hydrogen) atoms. The number of amides is 2. The van der Waals surface area contributed by atoms with Crippen LogP contribution in [0.4, 0.5) is 5.69 Å². The van der Waals surface area contributed by atoms with Crippen LogP contribution >= 0.6 is 11.6 Å². The average Bonchev–Trinajstić information content (AvgIpc) is 2.68. The van der Waals surface area contributed by atoms with Crippen molar-refractivity contribution < 1.29 is 9.59 Å². The molecule has 1 aliphatic heterocycles. The van der Waals surface area contributed by atoms with Crippen LogP contribution in [0.2, 0.25) is 5.02 Å². The summed E-state index contributed by atoms with van der Waals surface area (Å²) in [5.74, 6) is -0.373. The monoisotopic (exact) mass is 383 g/mol. The molecule has 1 heterocycles. The molecule has 0 bridgehead atoms. The third-order valence-corrected chi connectivity index (χ3v) is 4.87. The Morgan fingerprint density at radius 1 is 1.00 bits per heavy atom. The van der Waals surface area contributed by atoms with E-state index < -0.39 is 0 Å². The number of nitrogens with zero attached hydrogens (tertiary/aromatic N) is 2. The van der Waals surface area contributed by atoms with E-state index in [1.165, 1.54) is 6.08 Å². The molecule has 1 N–H and O–H groups in total.